The van der Waals surface area contributed by atoms with Crippen LogP contribution >= 0.6 is 11.3 Å². The van der Waals surface area contributed by atoms with Crippen molar-refractivity contribution in [2.24, 2.45) is 0 Å². The molecule has 0 fully saturated rings. The number of hydrogen-bond acceptors (Lipinski definition) is 2. The predicted molar refractivity (Wildman–Crippen MR) is 67.6 cm³/mol. The average Bonchev–Trinajstić information content (AvgIpc) is 2.83. The maximum absolute atomic E-state index is 9.01. The molecule has 2 heteroatoms. The van der Waals surface area contributed by atoms with Crippen LogP contribution in [0.5, 0.6) is 0 Å². The molecule has 2 aromatic rings. The summed E-state index contributed by atoms with van der Waals surface area (Å²) < 4.78 is 0. The second-order valence-corrected chi connectivity index (χ2v) is 4.87. The van der Waals surface area contributed by atoms with Gasteiger partial charge in [0, 0.05) is 4.88 Å². The van der Waals surface area contributed by atoms with Crippen molar-refractivity contribution < 1.29 is 0 Å². The molecule has 0 saturated heterocycles. The van der Waals surface area contributed by atoms with Crippen LogP contribution < -0.4 is 0 Å². The van der Waals surface area contributed by atoms with Gasteiger partial charge in [-0.25, -0.2) is 0 Å². The van der Waals surface area contributed by atoms with Crippen LogP contribution in [0.15, 0.2) is 41.8 Å². The van der Waals surface area contributed by atoms with Gasteiger partial charge in [0.1, 0.15) is 0 Å². The number of nitriles is 1. The first-order valence-corrected chi connectivity index (χ1v) is 6.20. The summed E-state index contributed by atoms with van der Waals surface area (Å²) >= 11 is 1.78. The van der Waals surface area contributed by atoms with E-state index in [2.05, 4.69) is 30.5 Å². The maximum Gasteiger partial charge on any atom is 0.0994 e. The van der Waals surface area contributed by atoms with E-state index < -0.39 is 0 Å². The third-order valence-corrected chi connectivity index (χ3v) is 3.80. The maximum atomic E-state index is 9.01. The Kier molecular flexibility index (Phi) is 3.38. The fraction of sp³-hybridized carbons (Fsp3) is 0.214. The van der Waals surface area contributed by atoms with Crippen molar-refractivity contribution in [3.8, 4) is 6.07 Å². The molecule has 1 heterocycles. The van der Waals surface area contributed by atoms with Crippen LogP contribution in [0.4, 0.5) is 0 Å². The van der Waals surface area contributed by atoms with E-state index in [0.29, 0.717) is 5.92 Å². The van der Waals surface area contributed by atoms with Crippen LogP contribution in [0.2, 0.25) is 0 Å². The number of thiophene rings is 1. The van der Waals surface area contributed by atoms with Crippen LogP contribution in [0.3, 0.4) is 0 Å². The molecule has 16 heavy (non-hydrogen) atoms. The lowest BCUT2D eigenvalue weighted by molar-refractivity contribution is 0.773. The molecule has 1 nitrogen and oxygen atoms in total. The van der Waals surface area contributed by atoms with E-state index in [-0.39, 0.29) is 0 Å². The summed E-state index contributed by atoms with van der Waals surface area (Å²) in [7, 11) is 0. The Hall–Kier alpha value is -1.59. The molecule has 0 aliphatic carbocycles. The number of benzene rings is 1. The van der Waals surface area contributed by atoms with Crippen molar-refractivity contribution in [3.63, 3.8) is 0 Å². The van der Waals surface area contributed by atoms with Crippen molar-refractivity contribution in [3.05, 3.63) is 57.8 Å². The van der Waals surface area contributed by atoms with Crippen molar-refractivity contribution in [2.45, 2.75) is 19.3 Å². The van der Waals surface area contributed by atoms with E-state index in [1.807, 2.05) is 24.3 Å². The highest BCUT2D eigenvalue weighted by Gasteiger charge is 2.09. The zero-order valence-corrected chi connectivity index (χ0v) is 10.00. The van der Waals surface area contributed by atoms with Gasteiger partial charge in [-0.2, -0.15) is 5.26 Å². The molecule has 80 valence electrons. The quantitative estimate of drug-likeness (QED) is 0.778. The summed E-state index contributed by atoms with van der Waals surface area (Å²) in [6.45, 7) is 2.21. The second-order valence-electron chi connectivity index (χ2n) is 3.89. The van der Waals surface area contributed by atoms with Crippen molar-refractivity contribution in [1.29, 1.82) is 5.26 Å². The smallest absolute Gasteiger partial charge is 0.0994 e. The third kappa shape index (κ3) is 2.32. The average molecular weight is 227 g/mol. The molecule has 0 bridgehead atoms. The highest BCUT2D eigenvalue weighted by atomic mass is 32.1. The number of nitrogens with zero attached hydrogens (tertiary/aromatic N) is 1. The highest BCUT2D eigenvalue weighted by Crippen LogP contribution is 2.25. The van der Waals surface area contributed by atoms with Crippen LogP contribution in [0, 0.1) is 11.3 Å². The van der Waals surface area contributed by atoms with E-state index in [9.17, 15) is 0 Å². The summed E-state index contributed by atoms with van der Waals surface area (Å²) in [5, 5.41) is 11.1. The van der Waals surface area contributed by atoms with Crippen molar-refractivity contribution in [1.82, 2.24) is 0 Å². The van der Waals surface area contributed by atoms with E-state index in [1.165, 1.54) is 4.88 Å². The van der Waals surface area contributed by atoms with Gasteiger partial charge < -0.3 is 0 Å². The molecule has 1 unspecified atom stereocenters. The minimum Gasteiger partial charge on any atom is -0.192 e. The summed E-state index contributed by atoms with van der Waals surface area (Å²) in [5.41, 5.74) is 1.94. The highest BCUT2D eigenvalue weighted by molar-refractivity contribution is 7.10. The van der Waals surface area contributed by atoms with Crippen LogP contribution in [0.1, 0.15) is 28.8 Å². The molecule has 0 N–H and O–H groups in total. The third-order valence-electron chi connectivity index (χ3n) is 2.69. The van der Waals surface area contributed by atoms with Crippen molar-refractivity contribution >= 4 is 11.3 Å². The van der Waals surface area contributed by atoms with Crippen LogP contribution in [-0.4, -0.2) is 0 Å². The fourth-order valence-electron chi connectivity index (χ4n) is 1.81. The number of rotatable bonds is 3. The van der Waals surface area contributed by atoms with E-state index >= 15 is 0 Å². The summed E-state index contributed by atoms with van der Waals surface area (Å²) in [4.78, 5) is 1.38. The Morgan fingerprint density at radius 2 is 2.06 bits per heavy atom. The number of hydrogen-bond donors (Lipinski definition) is 0. The van der Waals surface area contributed by atoms with E-state index in [4.69, 9.17) is 5.26 Å². The molecular formula is C14H13NS. The van der Waals surface area contributed by atoms with Crippen LogP contribution in [0.25, 0.3) is 0 Å². The molecule has 0 amide bonds. The Morgan fingerprint density at radius 3 is 2.75 bits per heavy atom. The van der Waals surface area contributed by atoms with Gasteiger partial charge >= 0.3 is 0 Å². The first-order chi connectivity index (χ1) is 7.81. The molecule has 0 saturated carbocycles. The SMILES string of the molecule is CC(Cc1ccccc1C#N)c1cccs1. The van der Waals surface area contributed by atoms with Crippen LogP contribution in [-0.2, 0) is 6.42 Å². The van der Waals surface area contributed by atoms with Gasteiger partial charge in [-0.3, -0.25) is 0 Å². The van der Waals surface area contributed by atoms with E-state index in [0.717, 1.165) is 17.5 Å². The standard InChI is InChI=1S/C14H13NS/c1-11(14-7-4-8-16-14)9-12-5-2-3-6-13(12)10-15/h2-8,11H,9H2,1H3. The molecule has 0 spiro atoms. The normalized spacial score (nSPS) is 12.0. The minimum atomic E-state index is 0.481. The van der Waals surface area contributed by atoms with Gasteiger partial charge in [0.25, 0.3) is 0 Å². The molecule has 1 atom stereocenters. The molecule has 0 aliphatic heterocycles. The summed E-state index contributed by atoms with van der Waals surface area (Å²) in [5.74, 6) is 0.481. The monoisotopic (exact) mass is 227 g/mol. The van der Waals surface area contributed by atoms with Crippen molar-refractivity contribution in [2.75, 3.05) is 0 Å². The fourth-order valence-corrected chi connectivity index (χ4v) is 2.60. The lowest BCUT2D eigenvalue weighted by Gasteiger charge is -2.10. The molecular weight excluding hydrogens is 214 g/mol. The topological polar surface area (TPSA) is 23.8 Å². The molecule has 0 radical (unpaired) electrons. The van der Waals surface area contributed by atoms with E-state index in [1.54, 1.807) is 11.3 Å². The zero-order valence-electron chi connectivity index (χ0n) is 9.18. The Labute approximate surface area is 100.0 Å². The molecule has 0 aliphatic rings. The lowest BCUT2D eigenvalue weighted by Crippen LogP contribution is -1.98. The Bertz CT molecular complexity index is 494. The van der Waals surface area contributed by atoms with Gasteiger partial charge in [0.2, 0.25) is 0 Å². The van der Waals surface area contributed by atoms with Gasteiger partial charge in [0.05, 0.1) is 11.6 Å². The largest absolute Gasteiger partial charge is 0.192 e. The predicted octanol–water partition coefficient (Wildman–Crippen LogP) is 3.97. The lowest BCUT2D eigenvalue weighted by atomic mass is 9.96. The minimum absolute atomic E-state index is 0.481. The molecule has 1 aromatic carbocycles. The first-order valence-electron chi connectivity index (χ1n) is 5.32. The Balaban J connectivity index is 2.19. The molecule has 2 rings (SSSR count). The molecule has 1 aromatic heterocycles. The summed E-state index contributed by atoms with van der Waals surface area (Å²) in [6.07, 6.45) is 0.935. The zero-order chi connectivity index (χ0) is 11.4. The first kappa shape index (κ1) is 10.9. The van der Waals surface area contributed by atoms with Gasteiger partial charge in [0.15, 0.2) is 0 Å². The van der Waals surface area contributed by atoms with Gasteiger partial charge in [-0.1, -0.05) is 31.2 Å². The Morgan fingerprint density at radius 1 is 1.25 bits per heavy atom. The second kappa shape index (κ2) is 4.96. The van der Waals surface area contributed by atoms with Gasteiger partial charge in [-0.15, -0.1) is 11.3 Å². The summed E-state index contributed by atoms with van der Waals surface area (Å²) in [6, 6.07) is 14.3. The van der Waals surface area contributed by atoms with Gasteiger partial charge in [-0.05, 0) is 35.4 Å².